The van der Waals surface area contributed by atoms with Gasteiger partial charge in [-0.3, -0.25) is 4.79 Å². The Bertz CT molecular complexity index is 935. The van der Waals surface area contributed by atoms with Crippen LogP contribution in [0.5, 0.6) is 5.75 Å². The maximum absolute atomic E-state index is 13.0. The molecule has 0 bridgehead atoms. The van der Waals surface area contributed by atoms with Crippen LogP contribution in [-0.2, 0) is 6.61 Å². The van der Waals surface area contributed by atoms with E-state index in [0.29, 0.717) is 5.76 Å². The lowest BCUT2D eigenvalue weighted by molar-refractivity contribution is 0.0930. The summed E-state index contributed by atoms with van der Waals surface area (Å²) in [6.45, 7) is 5.95. The van der Waals surface area contributed by atoms with Gasteiger partial charge in [0.05, 0.1) is 6.04 Å². The van der Waals surface area contributed by atoms with Crippen molar-refractivity contribution in [2.24, 2.45) is 0 Å². The van der Waals surface area contributed by atoms with Crippen molar-refractivity contribution in [3.05, 3.63) is 82.5 Å². The summed E-state index contributed by atoms with van der Waals surface area (Å²) in [5, 5.41) is 6.61. The van der Waals surface area contributed by atoms with E-state index in [-0.39, 0.29) is 30.1 Å². The number of aromatic nitrogens is 1. The summed E-state index contributed by atoms with van der Waals surface area (Å²) in [7, 11) is 0. The van der Waals surface area contributed by atoms with Crippen molar-refractivity contribution >= 4 is 5.91 Å². The maximum atomic E-state index is 13.0. The summed E-state index contributed by atoms with van der Waals surface area (Å²) in [5.41, 5.74) is 3.09. The first-order chi connectivity index (χ1) is 12.9. The fourth-order valence-electron chi connectivity index (χ4n) is 2.61. The summed E-state index contributed by atoms with van der Waals surface area (Å²) >= 11 is 0. The Morgan fingerprint density at radius 2 is 1.93 bits per heavy atom. The fourth-order valence-corrected chi connectivity index (χ4v) is 2.61. The first-order valence-electron chi connectivity index (χ1n) is 8.64. The van der Waals surface area contributed by atoms with Crippen LogP contribution in [0.2, 0.25) is 0 Å². The molecule has 3 aromatic rings. The highest BCUT2D eigenvalue weighted by Crippen LogP contribution is 2.21. The zero-order valence-electron chi connectivity index (χ0n) is 15.5. The van der Waals surface area contributed by atoms with Crippen LogP contribution in [0.25, 0.3) is 0 Å². The van der Waals surface area contributed by atoms with Gasteiger partial charge in [0.25, 0.3) is 5.91 Å². The highest BCUT2D eigenvalue weighted by atomic mass is 19.1. The van der Waals surface area contributed by atoms with Crippen LogP contribution in [0.1, 0.15) is 45.9 Å². The minimum absolute atomic E-state index is 0.170. The second-order valence-corrected chi connectivity index (χ2v) is 6.48. The number of aryl methyl sites for hydroxylation is 2. The summed E-state index contributed by atoms with van der Waals surface area (Å²) in [5.74, 6) is 0.536. The Balaban J connectivity index is 1.60. The van der Waals surface area contributed by atoms with E-state index < -0.39 is 0 Å². The molecule has 140 valence electrons. The Kier molecular flexibility index (Phi) is 5.54. The number of nitrogens with one attached hydrogen (secondary N) is 1. The molecule has 27 heavy (non-hydrogen) atoms. The van der Waals surface area contributed by atoms with E-state index in [4.69, 9.17) is 9.26 Å². The van der Waals surface area contributed by atoms with E-state index in [1.807, 2.05) is 39.0 Å². The first-order valence-corrected chi connectivity index (χ1v) is 8.64. The normalized spacial score (nSPS) is 11.9. The molecule has 0 aliphatic heterocycles. The fraction of sp³-hybridized carbons (Fsp3) is 0.238. The van der Waals surface area contributed by atoms with Crippen molar-refractivity contribution in [1.82, 2.24) is 10.5 Å². The molecule has 3 rings (SSSR count). The van der Waals surface area contributed by atoms with Gasteiger partial charge in [0.2, 0.25) is 0 Å². The number of carbonyl (C=O) groups excluding carboxylic acids is 1. The van der Waals surface area contributed by atoms with E-state index in [1.165, 1.54) is 12.1 Å². The van der Waals surface area contributed by atoms with E-state index in [1.54, 1.807) is 18.2 Å². The second-order valence-electron chi connectivity index (χ2n) is 6.48. The van der Waals surface area contributed by atoms with Crippen molar-refractivity contribution in [1.29, 1.82) is 0 Å². The third-order valence-corrected chi connectivity index (χ3v) is 4.22. The van der Waals surface area contributed by atoms with Crippen LogP contribution in [-0.4, -0.2) is 11.1 Å². The molecule has 1 N–H and O–H groups in total. The molecule has 0 fully saturated rings. The van der Waals surface area contributed by atoms with Gasteiger partial charge in [-0.05, 0) is 55.7 Å². The molecule has 0 radical (unpaired) electrons. The number of ether oxygens (including phenoxy) is 1. The predicted molar refractivity (Wildman–Crippen MR) is 99.0 cm³/mol. The summed E-state index contributed by atoms with van der Waals surface area (Å²) < 4.78 is 24.0. The van der Waals surface area contributed by atoms with Crippen LogP contribution in [0, 0.1) is 19.7 Å². The van der Waals surface area contributed by atoms with Gasteiger partial charge in [-0.25, -0.2) is 4.39 Å². The summed E-state index contributed by atoms with van der Waals surface area (Å²) in [4.78, 5) is 12.3. The molecule has 0 spiro atoms. The number of rotatable bonds is 6. The minimum Gasteiger partial charge on any atom is -0.485 e. The lowest BCUT2D eigenvalue weighted by Crippen LogP contribution is -2.26. The Morgan fingerprint density at radius 1 is 1.19 bits per heavy atom. The topological polar surface area (TPSA) is 64.4 Å². The Labute approximate surface area is 157 Å². The summed E-state index contributed by atoms with van der Waals surface area (Å²) in [6, 6.07) is 13.2. The number of amides is 1. The molecule has 0 saturated heterocycles. The molecular formula is C21H21FN2O3. The van der Waals surface area contributed by atoms with Gasteiger partial charge >= 0.3 is 0 Å². The molecule has 2 aromatic carbocycles. The van der Waals surface area contributed by atoms with Gasteiger partial charge in [-0.15, -0.1) is 0 Å². The molecule has 0 aliphatic carbocycles. The molecule has 5 nitrogen and oxygen atoms in total. The number of hydrogen-bond acceptors (Lipinski definition) is 4. The number of nitrogens with zero attached hydrogens (tertiary/aromatic N) is 1. The Morgan fingerprint density at radius 3 is 2.67 bits per heavy atom. The smallest absolute Gasteiger partial charge is 0.273 e. The standard InChI is InChI=1S/C21H21FN2O3/c1-13-4-5-14(2)20(10-13)26-12-18-11-19(24-27-18)21(25)23-15(3)16-6-8-17(22)9-7-16/h4-11,15H,12H2,1-3H3,(H,23,25)/t15-/m1/s1. The van der Waals surface area contributed by atoms with Gasteiger partial charge in [-0.1, -0.05) is 29.4 Å². The number of benzene rings is 2. The molecule has 0 unspecified atom stereocenters. The van der Waals surface area contributed by atoms with Gasteiger partial charge in [0.1, 0.15) is 18.2 Å². The van der Waals surface area contributed by atoms with Crippen molar-refractivity contribution < 1.29 is 18.4 Å². The van der Waals surface area contributed by atoms with Crippen molar-refractivity contribution in [3.63, 3.8) is 0 Å². The molecule has 1 heterocycles. The molecule has 1 aromatic heterocycles. The molecule has 1 amide bonds. The summed E-state index contributed by atoms with van der Waals surface area (Å²) in [6.07, 6.45) is 0. The zero-order chi connectivity index (χ0) is 19.4. The molecule has 0 aliphatic rings. The first kappa shape index (κ1) is 18.6. The minimum atomic E-state index is -0.367. The van der Waals surface area contributed by atoms with Crippen LogP contribution in [0.4, 0.5) is 4.39 Å². The van der Waals surface area contributed by atoms with Gasteiger partial charge in [-0.2, -0.15) is 0 Å². The molecular weight excluding hydrogens is 347 g/mol. The van der Waals surface area contributed by atoms with Crippen LogP contribution in [0.15, 0.2) is 53.1 Å². The van der Waals surface area contributed by atoms with Crippen LogP contribution in [0.3, 0.4) is 0 Å². The average molecular weight is 368 g/mol. The highest BCUT2D eigenvalue weighted by Gasteiger charge is 2.16. The third-order valence-electron chi connectivity index (χ3n) is 4.22. The van der Waals surface area contributed by atoms with Crippen LogP contribution < -0.4 is 10.1 Å². The van der Waals surface area contributed by atoms with Crippen molar-refractivity contribution in [3.8, 4) is 5.75 Å². The van der Waals surface area contributed by atoms with E-state index >= 15 is 0 Å². The van der Waals surface area contributed by atoms with E-state index in [0.717, 1.165) is 22.4 Å². The van der Waals surface area contributed by atoms with Crippen LogP contribution >= 0.6 is 0 Å². The molecule has 6 heteroatoms. The maximum Gasteiger partial charge on any atom is 0.273 e. The second kappa shape index (κ2) is 8.03. The predicted octanol–water partition coefficient (Wildman–Crippen LogP) is 4.50. The largest absolute Gasteiger partial charge is 0.485 e. The van der Waals surface area contributed by atoms with E-state index in [2.05, 4.69) is 10.5 Å². The highest BCUT2D eigenvalue weighted by molar-refractivity contribution is 5.92. The SMILES string of the molecule is Cc1ccc(C)c(OCc2cc(C(=O)N[C@H](C)c3ccc(F)cc3)no2)c1. The van der Waals surface area contributed by atoms with Gasteiger partial charge < -0.3 is 14.6 Å². The third kappa shape index (κ3) is 4.73. The Hall–Kier alpha value is -3.15. The number of hydrogen-bond donors (Lipinski definition) is 1. The van der Waals surface area contributed by atoms with Crippen molar-refractivity contribution in [2.45, 2.75) is 33.4 Å². The molecule has 1 atom stereocenters. The molecule has 0 saturated carbocycles. The van der Waals surface area contributed by atoms with Gasteiger partial charge in [0.15, 0.2) is 11.5 Å². The lowest BCUT2D eigenvalue weighted by Gasteiger charge is -2.13. The van der Waals surface area contributed by atoms with Crippen molar-refractivity contribution in [2.75, 3.05) is 0 Å². The monoisotopic (exact) mass is 368 g/mol. The van der Waals surface area contributed by atoms with Gasteiger partial charge in [0, 0.05) is 6.07 Å². The lowest BCUT2D eigenvalue weighted by atomic mass is 10.1. The number of halogens is 1. The average Bonchev–Trinajstić information content (AvgIpc) is 3.12. The number of carbonyl (C=O) groups is 1. The zero-order valence-corrected chi connectivity index (χ0v) is 15.5. The quantitative estimate of drug-likeness (QED) is 0.696. The van der Waals surface area contributed by atoms with E-state index in [9.17, 15) is 9.18 Å².